The van der Waals surface area contributed by atoms with Crippen molar-refractivity contribution in [1.82, 2.24) is 9.80 Å². The first-order chi connectivity index (χ1) is 27.9. The van der Waals surface area contributed by atoms with Crippen molar-refractivity contribution in [1.29, 1.82) is 0 Å². The molecule has 0 aromatic rings. The minimum atomic E-state index is 0.503. The number of halogens is 2. The van der Waals surface area contributed by atoms with Crippen molar-refractivity contribution in [3.8, 4) is 0 Å². The van der Waals surface area contributed by atoms with Crippen LogP contribution in [0.4, 0.5) is 0 Å². The Labute approximate surface area is 368 Å². The maximum Gasteiger partial charge on any atom is 0.0208 e. The van der Waals surface area contributed by atoms with Gasteiger partial charge >= 0.3 is 0 Å². The fourth-order valence-electron chi connectivity index (χ4n) is 20.1. The van der Waals surface area contributed by atoms with Crippen LogP contribution in [0, 0.1) is 76.4 Å². The van der Waals surface area contributed by atoms with Gasteiger partial charge in [-0.2, -0.15) is 0 Å². The van der Waals surface area contributed by atoms with E-state index in [9.17, 15) is 0 Å². The van der Waals surface area contributed by atoms with Gasteiger partial charge in [-0.25, -0.2) is 0 Å². The van der Waals surface area contributed by atoms with E-state index in [0.717, 1.165) is 117 Å². The number of rotatable bonds is 6. The van der Waals surface area contributed by atoms with Gasteiger partial charge in [0, 0.05) is 45.9 Å². The van der Waals surface area contributed by atoms with Crippen LogP contribution in [0.3, 0.4) is 0 Å². The molecule has 11 rings (SSSR count). The summed E-state index contributed by atoms with van der Waals surface area (Å²) in [7, 11) is 0. The molecule has 0 spiro atoms. The predicted octanol–water partition coefficient (Wildman–Crippen LogP) is 14.6. The maximum atomic E-state index is 4.45. The van der Waals surface area contributed by atoms with Gasteiger partial charge in [0.05, 0.1) is 0 Å². The zero-order valence-electron chi connectivity index (χ0n) is 36.9. The molecule has 2 nitrogen and oxygen atoms in total. The molecular weight excluding hydrogens is 824 g/mol. The predicted molar refractivity (Wildman–Crippen MR) is 246 cm³/mol. The largest absolute Gasteiger partial charge is 0.294 e. The zero-order chi connectivity index (χ0) is 38.4. The van der Waals surface area contributed by atoms with Gasteiger partial charge < -0.3 is 0 Å². The van der Waals surface area contributed by atoms with Gasteiger partial charge in [0.2, 0.25) is 0 Å². The van der Waals surface area contributed by atoms with Gasteiger partial charge in [-0.1, -0.05) is 110 Å². The Morgan fingerprint density at radius 1 is 0.298 bits per heavy atom. The Balaban J connectivity index is 0.813. The third-order valence-corrected chi connectivity index (χ3v) is 24.9. The van der Waals surface area contributed by atoms with Crippen LogP contribution in [0.1, 0.15) is 206 Å². The molecule has 0 amide bonds. The minimum Gasteiger partial charge on any atom is -0.294 e. The molecule has 322 valence electrons. The van der Waals surface area contributed by atoms with E-state index in [4.69, 9.17) is 0 Å². The Bertz CT molecular complexity index is 1270. The molecule has 11 saturated carbocycles. The second kappa shape index (κ2) is 16.8. The molecule has 4 heteroatoms. The average molecular weight is 911 g/mol. The van der Waals surface area contributed by atoms with Crippen molar-refractivity contribution >= 4 is 31.9 Å². The summed E-state index contributed by atoms with van der Waals surface area (Å²) in [6, 6.07) is 5.24. The number of alkyl halides is 2. The Hall–Kier alpha value is 0.880. The fraction of sp³-hybridized carbons (Fsp3) is 1.00. The molecule has 11 aliphatic carbocycles. The van der Waals surface area contributed by atoms with Crippen LogP contribution in [-0.2, 0) is 0 Å². The molecule has 11 fully saturated rings. The second-order valence-electron chi connectivity index (χ2n) is 24.5. The topological polar surface area (TPSA) is 6.48 Å². The van der Waals surface area contributed by atoms with E-state index >= 15 is 0 Å². The highest BCUT2D eigenvalue weighted by molar-refractivity contribution is 9.09. The van der Waals surface area contributed by atoms with Gasteiger partial charge in [-0.3, -0.25) is 9.80 Å². The van der Waals surface area contributed by atoms with E-state index in [2.05, 4.69) is 55.5 Å². The monoisotopic (exact) mass is 909 g/mol. The first-order valence-electron chi connectivity index (χ1n) is 26.7. The summed E-state index contributed by atoms with van der Waals surface area (Å²) >= 11 is 8.89. The van der Waals surface area contributed by atoms with Crippen LogP contribution < -0.4 is 0 Å². The normalized spacial score (nSPS) is 51.5. The Morgan fingerprint density at radius 3 is 1.02 bits per heavy atom. The summed E-state index contributed by atoms with van der Waals surface area (Å²) in [6.07, 6.45) is 45.7. The van der Waals surface area contributed by atoms with E-state index < -0.39 is 0 Å². The van der Waals surface area contributed by atoms with Crippen molar-refractivity contribution < 1.29 is 0 Å². The second-order valence-corrected chi connectivity index (χ2v) is 26.6. The SMILES string of the molecule is CC1(C)C2CC(N(C3CCCCC3)C3CCC4C(C3)C(Br)C3CCCCC34)CCC2C2CCC(N(C3CCCCC3)C3CCC4C(C3)C(Br)C3CCCCC34)CC21. The first-order valence-corrected chi connectivity index (χ1v) is 28.5. The first kappa shape index (κ1) is 40.6. The molecule has 0 aliphatic heterocycles. The van der Waals surface area contributed by atoms with Gasteiger partial charge in [0.1, 0.15) is 0 Å². The summed E-state index contributed by atoms with van der Waals surface area (Å²) < 4.78 is 0. The lowest BCUT2D eigenvalue weighted by molar-refractivity contribution is -0.0270. The number of hydrogen-bond acceptors (Lipinski definition) is 2. The maximum absolute atomic E-state index is 4.45. The van der Waals surface area contributed by atoms with Crippen LogP contribution in [0.2, 0.25) is 0 Å². The molecule has 0 heterocycles. The van der Waals surface area contributed by atoms with Gasteiger partial charge in [0.25, 0.3) is 0 Å². The highest BCUT2D eigenvalue weighted by atomic mass is 79.9. The average Bonchev–Trinajstić information content (AvgIpc) is 3.79. The van der Waals surface area contributed by atoms with Crippen LogP contribution in [0.25, 0.3) is 0 Å². The molecule has 0 saturated heterocycles. The summed E-state index contributed by atoms with van der Waals surface area (Å²) in [5.41, 5.74) is 0.503. The molecule has 0 radical (unpaired) electrons. The molecule has 0 aromatic heterocycles. The fourth-order valence-corrected chi connectivity index (χ4v) is 22.6. The zero-order valence-corrected chi connectivity index (χ0v) is 40.1. The van der Waals surface area contributed by atoms with Gasteiger partial charge in [-0.05, 0) is 205 Å². The van der Waals surface area contributed by atoms with Crippen molar-refractivity contribution in [2.45, 2.75) is 252 Å². The third kappa shape index (κ3) is 7.14. The quantitative estimate of drug-likeness (QED) is 0.245. The standard InChI is InChI=1S/C53H86Br2N2/c1-53(2)49-31-37(56(33-13-5-3-6-14-33)35-21-25-41-39-17-9-11-19-45(39)51(54)47(41)29-35)23-27-43(49)44-28-24-38(32-50(44)53)57(34-15-7-4-8-16-34)36-22-26-42-40-18-10-12-20-46(40)52(55)48(42)30-36/h33-52H,3-32H2,1-2H3. The number of nitrogens with zero attached hydrogens (tertiary/aromatic N) is 2. The van der Waals surface area contributed by atoms with E-state index in [-0.39, 0.29) is 0 Å². The van der Waals surface area contributed by atoms with E-state index in [1.807, 2.05) is 0 Å². The summed E-state index contributed by atoms with van der Waals surface area (Å²) in [5, 5.41) is 0. The molecule has 18 atom stereocenters. The molecule has 11 aliphatic rings. The van der Waals surface area contributed by atoms with Crippen LogP contribution in [0.15, 0.2) is 0 Å². The van der Waals surface area contributed by atoms with Gasteiger partial charge in [0.15, 0.2) is 0 Å². The van der Waals surface area contributed by atoms with Crippen LogP contribution >= 0.6 is 31.9 Å². The molecular formula is C53H86Br2N2. The Morgan fingerprint density at radius 2 is 0.614 bits per heavy atom. The van der Waals surface area contributed by atoms with E-state index in [0.29, 0.717) is 5.41 Å². The van der Waals surface area contributed by atoms with Crippen molar-refractivity contribution in [3.63, 3.8) is 0 Å². The molecule has 57 heavy (non-hydrogen) atoms. The van der Waals surface area contributed by atoms with E-state index in [1.165, 1.54) is 141 Å². The highest BCUT2D eigenvalue weighted by Gasteiger charge is 2.61. The van der Waals surface area contributed by atoms with Crippen molar-refractivity contribution in [2.75, 3.05) is 0 Å². The summed E-state index contributed by atoms with van der Waals surface area (Å²) in [6.45, 7) is 5.69. The van der Waals surface area contributed by atoms with Gasteiger partial charge in [-0.15, -0.1) is 0 Å². The molecule has 18 unspecified atom stereocenters. The number of hydrogen-bond donors (Lipinski definition) is 0. The molecule has 0 bridgehead atoms. The Kier molecular flexibility index (Phi) is 12.0. The smallest absolute Gasteiger partial charge is 0.0208 e. The van der Waals surface area contributed by atoms with Crippen molar-refractivity contribution in [3.05, 3.63) is 0 Å². The highest BCUT2D eigenvalue weighted by Crippen LogP contribution is 2.65. The summed E-state index contributed by atoms with van der Waals surface area (Å²) in [5.74, 6) is 12.0. The summed E-state index contributed by atoms with van der Waals surface area (Å²) in [4.78, 5) is 8.36. The lowest BCUT2D eigenvalue weighted by atomic mass is 9.65. The van der Waals surface area contributed by atoms with E-state index in [1.54, 1.807) is 51.4 Å². The minimum absolute atomic E-state index is 0.503. The molecule has 0 N–H and O–H groups in total. The molecule has 0 aromatic carbocycles. The third-order valence-electron chi connectivity index (χ3n) is 22.2. The van der Waals surface area contributed by atoms with Crippen LogP contribution in [-0.4, -0.2) is 55.7 Å². The number of fused-ring (bicyclic) bond motifs is 9. The lowest BCUT2D eigenvalue weighted by Gasteiger charge is -2.52. The lowest BCUT2D eigenvalue weighted by Crippen LogP contribution is -2.55. The van der Waals surface area contributed by atoms with Crippen molar-refractivity contribution in [2.24, 2.45) is 76.4 Å². The van der Waals surface area contributed by atoms with Crippen LogP contribution in [0.5, 0.6) is 0 Å².